The lowest BCUT2D eigenvalue weighted by Gasteiger charge is -2.05. The van der Waals surface area contributed by atoms with Crippen molar-refractivity contribution in [2.24, 2.45) is 0 Å². The van der Waals surface area contributed by atoms with Gasteiger partial charge in [-0.05, 0) is 53.5 Å². The third kappa shape index (κ3) is 3.43. The lowest BCUT2D eigenvalue weighted by molar-refractivity contribution is 0.191. The number of benzene rings is 1. The molecule has 19 heavy (non-hydrogen) atoms. The van der Waals surface area contributed by atoms with E-state index in [4.69, 9.17) is 17.0 Å². The van der Waals surface area contributed by atoms with Crippen LogP contribution in [0.2, 0.25) is 0 Å². The number of ether oxygens (including phenoxy) is 1. The normalized spacial score (nSPS) is 11.3. The highest BCUT2D eigenvalue weighted by atomic mass is 79.9. The van der Waals surface area contributed by atoms with Gasteiger partial charge in [0.25, 0.3) is 0 Å². The molecule has 6 heteroatoms. The fourth-order valence-corrected chi connectivity index (χ4v) is 2.70. The minimum atomic E-state index is -0.281. The van der Waals surface area contributed by atoms with Gasteiger partial charge < -0.3 is 14.3 Å². The van der Waals surface area contributed by atoms with Gasteiger partial charge in [-0.3, -0.25) is 0 Å². The first-order valence-corrected chi connectivity index (χ1v) is 7.40. The maximum absolute atomic E-state index is 13.5. The molecule has 104 valence electrons. The zero-order valence-electron chi connectivity index (χ0n) is 10.7. The van der Waals surface area contributed by atoms with E-state index in [1.807, 2.05) is 4.57 Å². The molecule has 1 heterocycles. The van der Waals surface area contributed by atoms with E-state index in [1.165, 1.54) is 6.07 Å². The number of unbranched alkanes of at least 4 members (excludes halogenated alkanes) is 2. The Kier molecular flexibility index (Phi) is 5.13. The van der Waals surface area contributed by atoms with Crippen molar-refractivity contribution >= 4 is 39.2 Å². The van der Waals surface area contributed by atoms with Crippen LogP contribution in [0.15, 0.2) is 16.6 Å². The van der Waals surface area contributed by atoms with Crippen LogP contribution < -0.4 is 0 Å². The molecule has 0 aliphatic heterocycles. The lowest BCUT2D eigenvalue weighted by Crippen LogP contribution is -1.99. The minimum Gasteiger partial charge on any atom is -0.385 e. The molecule has 0 unspecified atom stereocenters. The Morgan fingerprint density at radius 2 is 2.16 bits per heavy atom. The average Bonchev–Trinajstić information content (AvgIpc) is 2.66. The first-order chi connectivity index (χ1) is 9.13. The largest absolute Gasteiger partial charge is 0.385 e. The van der Waals surface area contributed by atoms with Crippen molar-refractivity contribution in [3.8, 4) is 0 Å². The summed E-state index contributed by atoms with van der Waals surface area (Å²) in [5.41, 5.74) is 1.67. The number of halogens is 2. The van der Waals surface area contributed by atoms with Crippen molar-refractivity contribution in [3.05, 3.63) is 27.2 Å². The number of aryl methyl sites for hydroxylation is 1. The van der Waals surface area contributed by atoms with Crippen LogP contribution in [0.3, 0.4) is 0 Å². The quantitative estimate of drug-likeness (QED) is 0.619. The number of hydrogen-bond donors (Lipinski definition) is 1. The van der Waals surface area contributed by atoms with Crippen molar-refractivity contribution in [2.45, 2.75) is 25.8 Å². The van der Waals surface area contributed by atoms with Crippen LogP contribution in [0.25, 0.3) is 11.0 Å². The SMILES string of the molecule is COCCCCCn1c(=S)[nH]c2cc(F)c(Br)cc21. The summed E-state index contributed by atoms with van der Waals surface area (Å²) in [7, 11) is 1.71. The van der Waals surface area contributed by atoms with Crippen LogP contribution in [0.1, 0.15) is 19.3 Å². The molecule has 1 aromatic carbocycles. The third-order valence-electron chi connectivity index (χ3n) is 3.05. The molecule has 0 fully saturated rings. The van der Waals surface area contributed by atoms with Gasteiger partial charge in [0.05, 0.1) is 15.5 Å². The van der Waals surface area contributed by atoms with E-state index in [0.29, 0.717) is 9.24 Å². The van der Waals surface area contributed by atoms with E-state index < -0.39 is 0 Å². The molecule has 1 aromatic heterocycles. The fourth-order valence-electron chi connectivity index (χ4n) is 2.07. The number of hydrogen-bond acceptors (Lipinski definition) is 2. The molecule has 2 rings (SSSR count). The van der Waals surface area contributed by atoms with Gasteiger partial charge in [-0.25, -0.2) is 4.39 Å². The molecule has 0 saturated carbocycles. The fraction of sp³-hybridized carbons (Fsp3) is 0.462. The number of aromatic nitrogens is 2. The smallest absolute Gasteiger partial charge is 0.178 e. The molecular weight excluding hydrogens is 331 g/mol. The highest BCUT2D eigenvalue weighted by molar-refractivity contribution is 9.10. The van der Waals surface area contributed by atoms with Gasteiger partial charge >= 0.3 is 0 Å². The van der Waals surface area contributed by atoms with Gasteiger partial charge in [0, 0.05) is 26.3 Å². The van der Waals surface area contributed by atoms with Gasteiger partial charge in [-0.2, -0.15) is 0 Å². The molecule has 0 bridgehead atoms. The molecule has 0 aliphatic rings. The second-order valence-electron chi connectivity index (χ2n) is 4.42. The molecule has 0 amide bonds. The van der Waals surface area contributed by atoms with E-state index in [9.17, 15) is 4.39 Å². The molecular formula is C13H16BrFN2OS. The molecule has 0 aliphatic carbocycles. The monoisotopic (exact) mass is 346 g/mol. The molecule has 1 N–H and O–H groups in total. The number of methoxy groups -OCH3 is 1. The molecule has 2 aromatic rings. The van der Waals surface area contributed by atoms with Crippen molar-refractivity contribution in [2.75, 3.05) is 13.7 Å². The number of H-pyrrole nitrogens is 1. The maximum atomic E-state index is 13.5. The van der Waals surface area contributed by atoms with Gasteiger partial charge in [0.1, 0.15) is 5.82 Å². The molecule has 0 radical (unpaired) electrons. The Balaban J connectivity index is 2.16. The number of rotatable bonds is 6. The summed E-state index contributed by atoms with van der Waals surface area (Å²) < 4.78 is 21.6. The minimum absolute atomic E-state index is 0.281. The maximum Gasteiger partial charge on any atom is 0.178 e. The summed E-state index contributed by atoms with van der Waals surface area (Å²) in [4.78, 5) is 3.04. The second kappa shape index (κ2) is 6.63. The van der Waals surface area contributed by atoms with Gasteiger partial charge in [-0.15, -0.1) is 0 Å². The summed E-state index contributed by atoms with van der Waals surface area (Å²) in [5, 5.41) is 0. The first-order valence-electron chi connectivity index (χ1n) is 6.20. The molecule has 0 saturated heterocycles. The molecule has 3 nitrogen and oxygen atoms in total. The Morgan fingerprint density at radius 1 is 1.37 bits per heavy atom. The van der Waals surface area contributed by atoms with Crippen molar-refractivity contribution in [1.82, 2.24) is 9.55 Å². The Hall–Kier alpha value is -0.720. The van der Waals surface area contributed by atoms with Crippen LogP contribution >= 0.6 is 28.1 Å². The van der Waals surface area contributed by atoms with E-state index in [2.05, 4.69) is 20.9 Å². The topological polar surface area (TPSA) is 29.9 Å². The summed E-state index contributed by atoms with van der Waals surface area (Å²) in [6.07, 6.45) is 3.16. The zero-order chi connectivity index (χ0) is 13.8. The van der Waals surface area contributed by atoms with Crippen LogP contribution in [0, 0.1) is 10.6 Å². The van der Waals surface area contributed by atoms with Crippen molar-refractivity contribution < 1.29 is 9.13 Å². The summed E-state index contributed by atoms with van der Waals surface area (Å²) in [5.74, 6) is -0.281. The van der Waals surface area contributed by atoms with Crippen LogP contribution in [0.5, 0.6) is 0 Å². The van der Waals surface area contributed by atoms with E-state index >= 15 is 0 Å². The highest BCUT2D eigenvalue weighted by Gasteiger charge is 2.08. The Morgan fingerprint density at radius 3 is 2.89 bits per heavy atom. The van der Waals surface area contributed by atoms with Crippen LogP contribution in [-0.4, -0.2) is 23.3 Å². The standard InChI is InChI=1S/C13H16BrFN2OS/c1-18-6-4-2-3-5-17-12-7-9(14)10(15)8-11(12)16-13(17)19/h7-8H,2-6H2,1H3,(H,16,19). The summed E-state index contributed by atoms with van der Waals surface area (Å²) in [6.45, 7) is 1.62. The number of nitrogens with one attached hydrogen (secondary N) is 1. The summed E-state index contributed by atoms with van der Waals surface area (Å²) >= 11 is 8.49. The molecule has 0 spiro atoms. The highest BCUT2D eigenvalue weighted by Crippen LogP contribution is 2.23. The number of imidazole rings is 1. The second-order valence-corrected chi connectivity index (χ2v) is 5.66. The van der Waals surface area contributed by atoms with Crippen LogP contribution in [-0.2, 0) is 11.3 Å². The van der Waals surface area contributed by atoms with Gasteiger partial charge in [-0.1, -0.05) is 0 Å². The van der Waals surface area contributed by atoms with Crippen LogP contribution in [0.4, 0.5) is 4.39 Å². The lowest BCUT2D eigenvalue weighted by atomic mass is 10.2. The Bertz CT molecular complexity index is 623. The Labute approximate surface area is 124 Å². The number of aromatic amines is 1. The number of fused-ring (bicyclic) bond motifs is 1. The van der Waals surface area contributed by atoms with Gasteiger partial charge in [0.2, 0.25) is 0 Å². The predicted octanol–water partition coefficient (Wildman–Crippen LogP) is 4.42. The average molecular weight is 347 g/mol. The predicted molar refractivity (Wildman–Crippen MR) is 80.5 cm³/mol. The van der Waals surface area contributed by atoms with E-state index in [0.717, 1.165) is 43.4 Å². The van der Waals surface area contributed by atoms with Gasteiger partial charge in [0.15, 0.2) is 4.77 Å². The zero-order valence-corrected chi connectivity index (χ0v) is 13.1. The molecule has 0 atom stereocenters. The van der Waals surface area contributed by atoms with E-state index in [-0.39, 0.29) is 5.82 Å². The summed E-state index contributed by atoms with van der Waals surface area (Å²) in [6, 6.07) is 3.24. The number of nitrogens with zero attached hydrogens (tertiary/aromatic N) is 1. The van der Waals surface area contributed by atoms with Crippen molar-refractivity contribution in [3.63, 3.8) is 0 Å². The van der Waals surface area contributed by atoms with E-state index in [1.54, 1.807) is 13.2 Å². The first kappa shape index (κ1) is 14.7. The van der Waals surface area contributed by atoms with Crippen molar-refractivity contribution in [1.29, 1.82) is 0 Å². The third-order valence-corrected chi connectivity index (χ3v) is 3.98.